The molecule has 0 radical (unpaired) electrons. The number of rotatable bonds is 3. The molecule has 3 heteroatoms. The van der Waals surface area contributed by atoms with Crippen LogP contribution in [0.5, 0.6) is 0 Å². The first-order valence-corrected chi connectivity index (χ1v) is 7.68. The lowest BCUT2D eigenvalue weighted by molar-refractivity contribution is 0.0933. The summed E-state index contributed by atoms with van der Waals surface area (Å²) in [4.78, 5) is 14.6. The van der Waals surface area contributed by atoms with Crippen LogP contribution in [0, 0.1) is 0 Å². The third-order valence-corrected chi connectivity index (χ3v) is 4.30. The molecule has 0 saturated carbocycles. The Hall–Kier alpha value is -1.64. The van der Waals surface area contributed by atoms with Gasteiger partial charge in [0.15, 0.2) is 5.78 Å². The Morgan fingerprint density at radius 3 is 2.10 bits per heavy atom. The highest BCUT2D eigenvalue weighted by atomic mass is 35.5. The maximum atomic E-state index is 12.3. The predicted octanol–water partition coefficient (Wildman–Crippen LogP) is 3.62. The molecule has 0 atom stereocenters. The Morgan fingerprint density at radius 1 is 0.952 bits per heavy atom. The van der Waals surface area contributed by atoms with Gasteiger partial charge in [0.25, 0.3) is 0 Å². The molecule has 1 aliphatic rings. The summed E-state index contributed by atoms with van der Waals surface area (Å²) in [5.74, 6) is 0.164. The van der Waals surface area contributed by atoms with Crippen LogP contribution in [0.4, 0.5) is 0 Å². The second-order valence-corrected chi connectivity index (χ2v) is 5.91. The van der Waals surface area contributed by atoms with Crippen LogP contribution < -0.4 is 0 Å². The van der Waals surface area contributed by atoms with E-state index < -0.39 is 0 Å². The van der Waals surface area contributed by atoms with Gasteiger partial charge in [0.2, 0.25) is 0 Å². The summed E-state index contributed by atoms with van der Waals surface area (Å²) >= 11 is 5.86. The van der Waals surface area contributed by atoms with Crippen LogP contribution in [0.15, 0.2) is 48.5 Å². The van der Waals surface area contributed by atoms with Crippen molar-refractivity contribution in [1.29, 1.82) is 0 Å². The first kappa shape index (κ1) is 14.3. The molecule has 0 aliphatic carbocycles. The van der Waals surface area contributed by atoms with Gasteiger partial charge in [-0.1, -0.05) is 35.9 Å². The molecule has 2 aromatic rings. The second-order valence-electron chi connectivity index (χ2n) is 5.47. The van der Waals surface area contributed by atoms with Gasteiger partial charge in [-0.05, 0) is 48.2 Å². The number of nitrogens with zero attached hydrogens (tertiary/aromatic N) is 1. The molecule has 21 heavy (non-hydrogen) atoms. The molecule has 1 aliphatic heterocycles. The van der Waals surface area contributed by atoms with Crippen LogP contribution in [-0.2, 0) is 12.8 Å². The van der Waals surface area contributed by atoms with E-state index in [1.54, 1.807) is 24.3 Å². The lowest BCUT2D eigenvalue weighted by Gasteiger charge is -2.18. The average molecular weight is 300 g/mol. The van der Waals surface area contributed by atoms with Gasteiger partial charge in [-0.25, -0.2) is 0 Å². The highest BCUT2D eigenvalue weighted by molar-refractivity contribution is 6.30. The summed E-state index contributed by atoms with van der Waals surface area (Å²) < 4.78 is 0. The van der Waals surface area contributed by atoms with Crippen molar-refractivity contribution in [2.75, 3.05) is 19.6 Å². The van der Waals surface area contributed by atoms with Gasteiger partial charge >= 0.3 is 0 Å². The Kier molecular flexibility index (Phi) is 4.37. The van der Waals surface area contributed by atoms with Gasteiger partial charge < -0.3 is 0 Å². The van der Waals surface area contributed by atoms with Crippen molar-refractivity contribution < 1.29 is 4.79 Å². The molecule has 0 aromatic heterocycles. The van der Waals surface area contributed by atoms with Crippen LogP contribution in [0.1, 0.15) is 21.5 Å². The third-order valence-electron chi connectivity index (χ3n) is 4.05. The van der Waals surface area contributed by atoms with Gasteiger partial charge in [-0.15, -0.1) is 0 Å². The van der Waals surface area contributed by atoms with E-state index in [0.717, 1.165) is 31.5 Å². The third kappa shape index (κ3) is 3.52. The number of fused-ring (bicyclic) bond motifs is 1. The van der Waals surface area contributed by atoms with E-state index in [1.807, 2.05) is 0 Å². The summed E-state index contributed by atoms with van der Waals surface area (Å²) in [7, 11) is 0. The van der Waals surface area contributed by atoms with E-state index in [9.17, 15) is 4.79 Å². The predicted molar refractivity (Wildman–Crippen MR) is 86.1 cm³/mol. The Balaban J connectivity index is 1.64. The van der Waals surface area contributed by atoms with E-state index in [4.69, 9.17) is 11.6 Å². The molecule has 0 saturated heterocycles. The molecule has 0 bridgehead atoms. The molecular formula is C18H18ClNO. The fourth-order valence-electron chi connectivity index (χ4n) is 2.80. The first-order chi connectivity index (χ1) is 10.2. The summed E-state index contributed by atoms with van der Waals surface area (Å²) in [6.07, 6.45) is 2.04. The number of ketones is 1. The van der Waals surface area contributed by atoms with Crippen molar-refractivity contribution in [1.82, 2.24) is 4.90 Å². The van der Waals surface area contributed by atoms with E-state index in [0.29, 0.717) is 11.6 Å². The van der Waals surface area contributed by atoms with Gasteiger partial charge in [0.05, 0.1) is 6.54 Å². The SMILES string of the molecule is O=C(CN1CCc2ccccc2CC1)c1ccc(Cl)cc1. The van der Waals surface area contributed by atoms with Crippen LogP contribution in [-0.4, -0.2) is 30.3 Å². The molecule has 3 rings (SSSR count). The highest BCUT2D eigenvalue weighted by Gasteiger charge is 2.16. The monoisotopic (exact) mass is 299 g/mol. The minimum atomic E-state index is 0.164. The molecule has 108 valence electrons. The first-order valence-electron chi connectivity index (χ1n) is 7.30. The molecule has 0 unspecified atom stereocenters. The van der Waals surface area contributed by atoms with E-state index in [2.05, 4.69) is 29.2 Å². The summed E-state index contributed by atoms with van der Waals surface area (Å²) in [5, 5.41) is 0.664. The number of halogens is 1. The maximum Gasteiger partial charge on any atom is 0.176 e. The smallest absolute Gasteiger partial charge is 0.176 e. The lowest BCUT2D eigenvalue weighted by Crippen LogP contribution is -2.32. The molecule has 0 fully saturated rings. The molecular weight excluding hydrogens is 282 g/mol. The number of carbonyl (C=O) groups excluding carboxylic acids is 1. The normalized spacial score (nSPS) is 15.3. The van der Waals surface area contributed by atoms with Gasteiger partial charge in [-0.2, -0.15) is 0 Å². The highest BCUT2D eigenvalue weighted by Crippen LogP contribution is 2.16. The Labute approximate surface area is 130 Å². The zero-order valence-corrected chi connectivity index (χ0v) is 12.6. The number of carbonyl (C=O) groups is 1. The number of benzene rings is 2. The van der Waals surface area contributed by atoms with E-state index in [1.165, 1.54) is 11.1 Å². The number of Topliss-reactive ketones (excluding diaryl/α,β-unsaturated/α-hetero) is 1. The standard InChI is InChI=1S/C18H18ClNO/c19-17-7-5-16(6-8-17)18(21)13-20-11-9-14-3-1-2-4-15(14)10-12-20/h1-8H,9-13H2. The average Bonchev–Trinajstić information content (AvgIpc) is 2.71. The van der Waals surface area contributed by atoms with Crippen molar-refractivity contribution in [3.05, 3.63) is 70.2 Å². The largest absolute Gasteiger partial charge is 0.295 e. The zero-order valence-electron chi connectivity index (χ0n) is 11.9. The zero-order chi connectivity index (χ0) is 14.7. The Bertz CT molecular complexity index is 609. The number of hydrogen-bond donors (Lipinski definition) is 0. The minimum absolute atomic E-state index is 0.164. The Morgan fingerprint density at radius 2 is 1.52 bits per heavy atom. The van der Waals surface area contributed by atoms with Gasteiger partial charge in [0.1, 0.15) is 0 Å². The minimum Gasteiger partial charge on any atom is -0.295 e. The lowest BCUT2D eigenvalue weighted by atomic mass is 10.0. The topological polar surface area (TPSA) is 20.3 Å². The number of hydrogen-bond acceptors (Lipinski definition) is 2. The van der Waals surface area contributed by atoms with Crippen molar-refractivity contribution in [3.8, 4) is 0 Å². The molecule has 0 amide bonds. The van der Waals surface area contributed by atoms with Crippen molar-refractivity contribution in [2.24, 2.45) is 0 Å². The molecule has 0 spiro atoms. The second kappa shape index (κ2) is 6.42. The van der Waals surface area contributed by atoms with E-state index >= 15 is 0 Å². The van der Waals surface area contributed by atoms with E-state index in [-0.39, 0.29) is 5.78 Å². The van der Waals surface area contributed by atoms with Gasteiger partial charge in [-0.3, -0.25) is 9.69 Å². The van der Waals surface area contributed by atoms with Crippen molar-refractivity contribution in [3.63, 3.8) is 0 Å². The van der Waals surface area contributed by atoms with Crippen LogP contribution in [0.25, 0.3) is 0 Å². The van der Waals surface area contributed by atoms with Gasteiger partial charge in [0, 0.05) is 23.7 Å². The summed E-state index contributed by atoms with van der Waals surface area (Å²) in [5.41, 5.74) is 3.57. The van der Waals surface area contributed by atoms with Crippen molar-refractivity contribution in [2.45, 2.75) is 12.8 Å². The fraction of sp³-hybridized carbons (Fsp3) is 0.278. The molecule has 2 nitrogen and oxygen atoms in total. The maximum absolute atomic E-state index is 12.3. The quantitative estimate of drug-likeness (QED) is 0.807. The van der Waals surface area contributed by atoms with Crippen LogP contribution in [0.3, 0.4) is 0 Å². The van der Waals surface area contributed by atoms with Crippen LogP contribution in [0.2, 0.25) is 5.02 Å². The summed E-state index contributed by atoms with van der Waals surface area (Å²) in [6.45, 7) is 2.36. The summed E-state index contributed by atoms with van der Waals surface area (Å²) in [6, 6.07) is 15.7. The fourth-order valence-corrected chi connectivity index (χ4v) is 2.93. The van der Waals surface area contributed by atoms with Crippen LogP contribution >= 0.6 is 11.6 Å². The molecule has 2 aromatic carbocycles. The molecule has 0 N–H and O–H groups in total. The van der Waals surface area contributed by atoms with Crippen molar-refractivity contribution >= 4 is 17.4 Å². The molecule has 1 heterocycles.